The Kier molecular flexibility index (Phi) is 5.65. The van der Waals surface area contributed by atoms with Crippen molar-refractivity contribution in [2.45, 2.75) is 38.0 Å². The molecule has 0 aromatic heterocycles. The summed E-state index contributed by atoms with van der Waals surface area (Å²) < 4.78 is 5.60. The molecule has 2 N–H and O–H groups in total. The largest absolute Gasteiger partial charge is 0.393 e. The molecule has 0 radical (unpaired) electrons. The van der Waals surface area contributed by atoms with E-state index in [2.05, 4.69) is 10.2 Å². The van der Waals surface area contributed by atoms with Crippen LogP contribution in [0.15, 0.2) is 30.3 Å². The number of nitrogens with one attached hydrogen (secondary N) is 1. The van der Waals surface area contributed by atoms with Gasteiger partial charge in [-0.3, -0.25) is 9.69 Å². The van der Waals surface area contributed by atoms with Gasteiger partial charge in [0.15, 0.2) is 0 Å². The molecule has 1 amide bonds. The smallest absolute Gasteiger partial charge is 0.234 e. The van der Waals surface area contributed by atoms with Crippen LogP contribution in [0.3, 0.4) is 0 Å². The number of hydrogen-bond acceptors (Lipinski definition) is 4. The molecule has 1 aromatic rings. The summed E-state index contributed by atoms with van der Waals surface area (Å²) in [5, 5.41) is 13.1. The lowest BCUT2D eigenvalue weighted by Gasteiger charge is -2.39. The molecule has 0 spiro atoms. The molecule has 126 valence electrons. The maximum atomic E-state index is 12.3. The SMILES string of the molecule is O=C(CN1CCOC[C@@H]1[C@@H]1CCC[C@@H]1O)NCc1ccccc1. The molecule has 1 aliphatic carbocycles. The Morgan fingerprint density at radius 3 is 2.87 bits per heavy atom. The summed E-state index contributed by atoms with van der Waals surface area (Å²) in [6.07, 6.45) is 2.71. The first kappa shape index (κ1) is 16.4. The van der Waals surface area contributed by atoms with Crippen molar-refractivity contribution in [1.82, 2.24) is 10.2 Å². The molecule has 1 heterocycles. The van der Waals surface area contributed by atoms with Crippen LogP contribution in [0.5, 0.6) is 0 Å². The number of hydrogen-bond donors (Lipinski definition) is 2. The summed E-state index contributed by atoms with van der Waals surface area (Å²) in [6.45, 7) is 2.97. The lowest BCUT2D eigenvalue weighted by Crippen LogP contribution is -2.53. The third kappa shape index (κ3) is 4.31. The molecule has 2 aliphatic rings. The van der Waals surface area contributed by atoms with Crippen LogP contribution in [0.4, 0.5) is 0 Å². The number of carbonyl (C=O) groups excluding carboxylic acids is 1. The van der Waals surface area contributed by atoms with Gasteiger partial charge in [-0.15, -0.1) is 0 Å². The highest BCUT2D eigenvalue weighted by Crippen LogP contribution is 2.32. The fraction of sp³-hybridized carbons (Fsp3) is 0.611. The van der Waals surface area contributed by atoms with Crippen LogP contribution in [-0.2, 0) is 16.1 Å². The van der Waals surface area contributed by atoms with Gasteiger partial charge < -0.3 is 15.2 Å². The zero-order valence-corrected chi connectivity index (χ0v) is 13.5. The van der Waals surface area contributed by atoms with E-state index in [9.17, 15) is 9.90 Å². The van der Waals surface area contributed by atoms with Crippen molar-refractivity contribution >= 4 is 5.91 Å². The molecular formula is C18H26N2O3. The van der Waals surface area contributed by atoms with Crippen molar-refractivity contribution < 1.29 is 14.6 Å². The predicted molar refractivity (Wildman–Crippen MR) is 87.8 cm³/mol. The molecule has 1 saturated heterocycles. The number of aliphatic hydroxyl groups is 1. The average molecular weight is 318 g/mol. The monoisotopic (exact) mass is 318 g/mol. The van der Waals surface area contributed by atoms with E-state index in [1.54, 1.807) is 0 Å². The molecular weight excluding hydrogens is 292 g/mol. The minimum Gasteiger partial charge on any atom is -0.393 e. The van der Waals surface area contributed by atoms with E-state index in [0.717, 1.165) is 31.4 Å². The maximum absolute atomic E-state index is 12.3. The molecule has 5 heteroatoms. The minimum absolute atomic E-state index is 0.0354. The van der Waals surface area contributed by atoms with Crippen LogP contribution >= 0.6 is 0 Å². The van der Waals surface area contributed by atoms with Crippen LogP contribution in [0.2, 0.25) is 0 Å². The molecule has 1 saturated carbocycles. The van der Waals surface area contributed by atoms with Crippen molar-refractivity contribution in [3.8, 4) is 0 Å². The molecule has 0 bridgehead atoms. The Bertz CT molecular complexity index is 508. The number of nitrogens with zero attached hydrogens (tertiary/aromatic N) is 1. The summed E-state index contributed by atoms with van der Waals surface area (Å²) in [5.74, 6) is 0.269. The van der Waals surface area contributed by atoms with Crippen LogP contribution < -0.4 is 5.32 Å². The van der Waals surface area contributed by atoms with E-state index >= 15 is 0 Å². The van der Waals surface area contributed by atoms with Gasteiger partial charge in [-0.25, -0.2) is 0 Å². The van der Waals surface area contributed by atoms with Gasteiger partial charge in [0.05, 0.1) is 25.9 Å². The van der Waals surface area contributed by atoms with E-state index in [-0.39, 0.29) is 24.0 Å². The number of morpholine rings is 1. The number of benzene rings is 1. The summed E-state index contributed by atoms with van der Waals surface area (Å²) in [7, 11) is 0. The lowest BCUT2D eigenvalue weighted by molar-refractivity contribution is -0.126. The molecule has 1 aliphatic heterocycles. The minimum atomic E-state index is -0.253. The second-order valence-electron chi connectivity index (χ2n) is 6.54. The summed E-state index contributed by atoms with van der Waals surface area (Å²) >= 11 is 0. The number of ether oxygens (including phenoxy) is 1. The standard InChI is InChI=1S/C18H26N2O3/c21-17-8-4-7-15(17)16-13-23-10-9-20(16)12-18(22)19-11-14-5-2-1-3-6-14/h1-3,5-6,15-17,21H,4,7-13H2,(H,19,22)/t15-,16+,17-/m0/s1. The Morgan fingerprint density at radius 1 is 1.30 bits per heavy atom. The Balaban J connectivity index is 1.53. The summed E-state index contributed by atoms with van der Waals surface area (Å²) in [5.41, 5.74) is 1.10. The third-order valence-electron chi connectivity index (χ3n) is 4.99. The van der Waals surface area contributed by atoms with Gasteiger partial charge in [-0.05, 0) is 18.4 Å². The number of aliphatic hydroxyl groups excluding tert-OH is 1. The summed E-state index contributed by atoms with van der Waals surface area (Å²) in [4.78, 5) is 14.5. The fourth-order valence-corrected chi connectivity index (χ4v) is 3.70. The molecule has 3 rings (SSSR count). The number of amides is 1. The van der Waals surface area contributed by atoms with Crippen molar-refractivity contribution in [1.29, 1.82) is 0 Å². The Labute approximate surface area is 137 Å². The van der Waals surface area contributed by atoms with Crippen molar-refractivity contribution in [3.63, 3.8) is 0 Å². The molecule has 1 aromatic carbocycles. The first-order valence-corrected chi connectivity index (χ1v) is 8.54. The van der Waals surface area contributed by atoms with Crippen LogP contribution in [0.1, 0.15) is 24.8 Å². The summed E-state index contributed by atoms with van der Waals surface area (Å²) in [6, 6.07) is 10.1. The van der Waals surface area contributed by atoms with Gasteiger partial charge in [0, 0.05) is 25.0 Å². The van der Waals surface area contributed by atoms with Crippen molar-refractivity contribution in [2.75, 3.05) is 26.3 Å². The molecule has 5 nitrogen and oxygen atoms in total. The number of rotatable bonds is 5. The number of carbonyl (C=O) groups is 1. The van der Waals surface area contributed by atoms with Crippen LogP contribution in [0.25, 0.3) is 0 Å². The van der Waals surface area contributed by atoms with Gasteiger partial charge in [-0.2, -0.15) is 0 Å². The van der Waals surface area contributed by atoms with E-state index < -0.39 is 0 Å². The second-order valence-corrected chi connectivity index (χ2v) is 6.54. The van der Waals surface area contributed by atoms with Gasteiger partial charge in [0.25, 0.3) is 0 Å². The van der Waals surface area contributed by atoms with Gasteiger partial charge >= 0.3 is 0 Å². The highest BCUT2D eigenvalue weighted by Gasteiger charge is 2.38. The Morgan fingerprint density at radius 2 is 2.13 bits per heavy atom. The molecule has 23 heavy (non-hydrogen) atoms. The van der Waals surface area contributed by atoms with E-state index in [1.165, 1.54) is 0 Å². The Hall–Kier alpha value is -1.43. The molecule has 0 unspecified atom stereocenters. The average Bonchev–Trinajstić information content (AvgIpc) is 3.00. The topological polar surface area (TPSA) is 61.8 Å². The van der Waals surface area contributed by atoms with Crippen molar-refractivity contribution in [3.05, 3.63) is 35.9 Å². The second kappa shape index (κ2) is 7.90. The predicted octanol–water partition coefficient (Wildman–Crippen LogP) is 1.16. The van der Waals surface area contributed by atoms with Crippen LogP contribution in [-0.4, -0.2) is 54.4 Å². The molecule has 3 atom stereocenters. The zero-order chi connectivity index (χ0) is 16.1. The van der Waals surface area contributed by atoms with Gasteiger partial charge in [0.1, 0.15) is 0 Å². The fourth-order valence-electron chi connectivity index (χ4n) is 3.70. The van der Waals surface area contributed by atoms with Gasteiger partial charge in [0.2, 0.25) is 5.91 Å². The normalized spacial score (nSPS) is 28.7. The van der Waals surface area contributed by atoms with E-state index in [4.69, 9.17) is 4.74 Å². The van der Waals surface area contributed by atoms with Crippen molar-refractivity contribution in [2.24, 2.45) is 5.92 Å². The highest BCUT2D eigenvalue weighted by molar-refractivity contribution is 5.78. The molecule has 2 fully saturated rings. The van der Waals surface area contributed by atoms with E-state index in [0.29, 0.717) is 26.3 Å². The first-order valence-electron chi connectivity index (χ1n) is 8.54. The maximum Gasteiger partial charge on any atom is 0.234 e. The lowest BCUT2D eigenvalue weighted by atomic mass is 9.94. The zero-order valence-electron chi connectivity index (χ0n) is 13.5. The third-order valence-corrected chi connectivity index (χ3v) is 4.99. The first-order chi connectivity index (χ1) is 11.2. The highest BCUT2D eigenvalue weighted by atomic mass is 16.5. The van der Waals surface area contributed by atoms with E-state index in [1.807, 2.05) is 30.3 Å². The van der Waals surface area contributed by atoms with Gasteiger partial charge in [-0.1, -0.05) is 36.8 Å². The quantitative estimate of drug-likeness (QED) is 0.855. The van der Waals surface area contributed by atoms with Crippen LogP contribution in [0, 0.1) is 5.92 Å².